The molecule has 4 nitrogen and oxygen atoms in total. The van der Waals surface area contributed by atoms with Crippen LogP contribution in [0.5, 0.6) is 0 Å². The normalized spacial score (nSPS) is 10.9. The summed E-state index contributed by atoms with van der Waals surface area (Å²) in [5.41, 5.74) is 4.89. The van der Waals surface area contributed by atoms with Gasteiger partial charge in [0.25, 0.3) is 0 Å². The number of rotatable bonds is 4. The molecule has 0 bridgehead atoms. The number of aryl methyl sites for hydroxylation is 1. The summed E-state index contributed by atoms with van der Waals surface area (Å²) in [4.78, 5) is 10.3. The zero-order valence-corrected chi connectivity index (χ0v) is 13.1. The minimum absolute atomic E-state index is 0.264. The first-order chi connectivity index (χ1) is 9.51. The van der Waals surface area contributed by atoms with Crippen molar-refractivity contribution in [2.24, 2.45) is 5.84 Å². The summed E-state index contributed by atoms with van der Waals surface area (Å²) in [7, 11) is 0. The maximum atomic E-state index is 5.55. The first-order valence-corrected chi connectivity index (χ1v) is 7.42. The molecule has 1 aromatic carbocycles. The third-order valence-corrected chi connectivity index (χ3v) is 4.11. The Hall–Kier alpha value is -1.59. The molecule has 2 rings (SSSR count). The van der Waals surface area contributed by atoms with Gasteiger partial charge in [0.1, 0.15) is 16.7 Å². The van der Waals surface area contributed by atoms with Crippen LogP contribution in [0, 0.1) is 13.8 Å². The minimum Gasteiger partial charge on any atom is -0.308 e. The highest BCUT2D eigenvalue weighted by Gasteiger charge is 2.13. The van der Waals surface area contributed by atoms with E-state index >= 15 is 0 Å². The number of hydrogen-bond acceptors (Lipinski definition) is 5. The van der Waals surface area contributed by atoms with Crippen LogP contribution < -0.4 is 11.3 Å². The smallest absolute Gasteiger partial charge is 0.147 e. The Kier molecular flexibility index (Phi) is 4.62. The van der Waals surface area contributed by atoms with E-state index in [-0.39, 0.29) is 5.92 Å². The van der Waals surface area contributed by atoms with Gasteiger partial charge in [0, 0.05) is 16.4 Å². The van der Waals surface area contributed by atoms with Crippen LogP contribution >= 0.6 is 11.8 Å². The van der Waals surface area contributed by atoms with E-state index < -0.39 is 0 Å². The first-order valence-electron chi connectivity index (χ1n) is 6.61. The predicted octanol–water partition coefficient (Wildman–Crippen LogP) is 3.65. The highest BCUT2D eigenvalue weighted by molar-refractivity contribution is 7.99. The van der Waals surface area contributed by atoms with Crippen LogP contribution in [0.3, 0.4) is 0 Å². The highest BCUT2D eigenvalue weighted by atomic mass is 32.2. The van der Waals surface area contributed by atoms with E-state index in [1.807, 2.05) is 6.92 Å². The summed E-state index contributed by atoms with van der Waals surface area (Å²) in [6, 6.07) is 8.41. The minimum atomic E-state index is 0.264. The molecule has 2 aromatic rings. The molecule has 0 amide bonds. The average molecular weight is 288 g/mol. The molecule has 0 atom stereocenters. The standard InChI is InChI=1S/C15H20N4S/c1-9(2)13-17-14(19-16)11(4)15(18-13)20-12-7-5-10(3)6-8-12/h5-9H,16H2,1-4H3,(H,17,18,19). The molecule has 106 valence electrons. The lowest BCUT2D eigenvalue weighted by molar-refractivity contribution is 0.749. The summed E-state index contributed by atoms with van der Waals surface area (Å²) in [5.74, 6) is 7.31. The number of nitrogens with zero attached hydrogens (tertiary/aromatic N) is 2. The summed E-state index contributed by atoms with van der Waals surface area (Å²) in [6.07, 6.45) is 0. The molecule has 0 saturated heterocycles. The molecule has 1 heterocycles. The third-order valence-electron chi connectivity index (χ3n) is 3.01. The van der Waals surface area contributed by atoms with Gasteiger partial charge in [-0.2, -0.15) is 0 Å². The van der Waals surface area contributed by atoms with Gasteiger partial charge in [-0.15, -0.1) is 0 Å². The SMILES string of the molecule is Cc1ccc(Sc2nc(C(C)C)nc(NN)c2C)cc1. The summed E-state index contributed by atoms with van der Waals surface area (Å²) < 4.78 is 0. The fourth-order valence-electron chi connectivity index (χ4n) is 1.73. The Labute approximate surface area is 124 Å². The molecule has 0 unspecified atom stereocenters. The number of hydrazine groups is 1. The third kappa shape index (κ3) is 3.29. The van der Waals surface area contributed by atoms with Crippen LogP contribution in [0.15, 0.2) is 34.2 Å². The zero-order valence-electron chi connectivity index (χ0n) is 12.3. The van der Waals surface area contributed by atoms with Crippen molar-refractivity contribution in [3.8, 4) is 0 Å². The molecule has 0 aliphatic rings. The number of nitrogens with two attached hydrogens (primary N) is 1. The molecule has 20 heavy (non-hydrogen) atoms. The molecule has 3 N–H and O–H groups in total. The first kappa shape index (κ1) is 14.8. The number of nitrogen functional groups attached to an aromatic ring is 1. The second kappa shape index (κ2) is 6.24. The second-order valence-electron chi connectivity index (χ2n) is 5.07. The van der Waals surface area contributed by atoms with Crippen molar-refractivity contribution in [2.75, 3.05) is 5.43 Å². The summed E-state index contributed by atoms with van der Waals surface area (Å²) in [5, 5.41) is 0.945. The van der Waals surface area contributed by atoms with Gasteiger partial charge in [0.05, 0.1) is 0 Å². The van der Waals surface area contributed by atoms with Crippen LogP contribution in [0.2, 0.25) is 0 Å². The lowest BCUT2D eigenvalue weighted by atomic mass is 10.2. The van der Waals surface area contributed by atoms with E-state index in [4.69, 9.17) is 5.84 Å². The maximum Gasteiger partial charge on any atom is 0.147 e. The molecule has 1 aromatic heterocycles. The van der Waals surface area contributed by atoms with Crippen LogP contribution in [0.25, 0.3) is 0 Å². The molecular formula is C15H20N4S. The number of hydrogen-bond donors (Lipinski definition) is 2. The molecule has 0 aliphatic carbocycles. The second-order valence-corrected chi connectivity index (χ2v) is 6.14. The van der Waals surface area contributed by atoms with Gasteiger partial charge in [-0.3, -0.25) is 0 Å². The van der Waals surface area contributed by atoms with E-state index in [0.29, 0.717) is 5.82 Å². The molecule has 0 aliphatic heterocycles. The van der Waals surface area contributed by atoms with Crippen LogP contribution in [-0.2, 0) is 0 Å². The topological polar surface area (TPSA) is 63.8 Å². The van der Waals surface area contributed by atoms with Gasteiger partial charge in [0.2, 0.25) is 0 Å². The number of anilines is 1. The van der Waals surface area contributed by atoms with Crippen molar-refractivity contribution in [1.82, 2.24) is 9.97 Å². The van der Waals surface area contributed by atoms with Crippen LogP contribution in [0.4, 0.5) is 5.82 Å². The van der Waals surface area contributed by atoms with Crippen molar-refractivity contribution < 1.29 is 0 Å². The lowest BCUT2D eigenvalue weighted by Crippen LogP contribution is -2.13. The fourth-order valence-corrected chi connectivity index (χ4v) is 2.61. The van der Waals surface area contributed by atoms with Crippen molar-refractivity contribution in [3.63, 3.8) is 0 Å². The monoisotopic (exact) mass is 288 g/mol. The van der Waals surface area contributed by atoms with Gasteiger partial charge >= 0.3 is 0 Å². The Morgan fingerprint density at radius 3 is 2.30 bits per heavy atom. The number of benzene rings is 1. The molecule has 0 radical (unpaired) electrons. The van der Waals surface area contributed by atoms with E-state index in [1.165, 1.54) is 5.56 Å². The van der Waals surface area contributed by atoms with Gasteiger partial charge in [-0.05, 0) is 26.0 Å². The van der Waals surface area contributed by atoms with Crippen molar-refractivity contribution in [2.45, 2.75) is 43.5 Å². The largest absolute Gasteiger partial charge is 0.308 e. The quantitative estimate of drug-likeness (QED) is 0.511. The van der Waals surface area contributed by atoms with Gasteiger partial charge in [-0.1, -0.05) is 43.3 Å². The zero-order chi connectivity index (χ0) is 14.7. The van der Waals surface area contributed by atoms with Crippen molar-refractivity contribution in [1.29, 1.82) is 0 Å². The van der Waals surface area contributed by atoms with E-state index in [9.17, 15) is 0 Å². The van der Waals surface area contributed by atoms with Crippen LogP contribution in [-0.4, -0.2) is 9.97 Å². The van der Waals surface area contributed by atoms with E-state index in [2.05, 4.69) is 60.4 Å². The Balaban J connectivity index is 2.39. The molecule has 0 spiro atoms. The highest BCUT2D eigenvalue weighted by Crippen LogP contribution is 2.32. The number of nitrogens with one attached hydrogen (secondary N) is 1. The Morgan fingerprint density at radius 2 is 1.75 bits per heavy atom. The van der Waals surface area contributed by atoms with Crippen molar-refractivity contribution >= 4 is 17.6 Å². The summed E-state index contributed by atoms with van der Waals surface area (Å²) >= 11 is 1.64. The fraction of sp³-hybridized carbons (Fsp3) is 0.333. The van der Waals surface area contributed by atoms with Gasteiger partial charge in [-0.25, -0.2) is 15.8 Å². The predicted molar refractivity (Wildman–Crippen MR) is 84.0 cm³/mol. The maximum absolute atomic E-state index is 5.55. The lowest BCUT2D eigenvalue weighted by Gasteiger charge is -2.13. The molecule has 5 heteroatoms. The van der Waals surface area contributed by atoms with E-state index in [1.54, 1.807) is 11.8 Å². The van der Waals surface area contributed by atoms with Crippen molar-refractivity contribution in [3.05, 3.63) is 41.2 Å². The van der Waals surface area contributed by atoms with Crippen LogP contribution in [0.1, 0.15) is 36.7 Å². The average Bonchev–Trinajstić information content (AvgIpc) is 2.43. The van der Waals surface area contributed by atoms with E-state index in [0.717, 1.165) is 21.3 Å². The van der Waals surface area contributed by atoms with Gasteiger partial charge < -0.3 is 5.43 Å². The van der Waals surface area contributed by atoms with Gasteiger partial charge in [0.15, 0.2) is 0 Å². The summed E-state index contributed by atoms with van der Waals surface area (Å²) in [6.45, 7) is 8.21. The Morgan fingerprint density at radius 1 is 1.10 bits per heavy atom. The molecule has 0 fully saturated rings. The molecule has 0 saturated carbocycles. The Bertz CT molecular complexity index is 594. The molecular weight excluding hydrogens is 268 g/mol. The number of aromatic nitrogens is 2.